The van der Waals surface area contributed by atoms with Gasteiger partial charge in [-0.3, -0.25) is 0 Å². The zero-order valence-corrected chi connectivity index (χ0v) is 22.1. The molecule has 0 atom stereocenters. The van der Waals surface area contributed by atoms with Crippen LogP contribution in [0.25, 0.3) is 5.47 Å². The Kier molecular flexibility index (Phi) is 7.94. The normalized spacial score (nSPS) is 11.6. The Morgan fingerprint density at radius 2 is 0.865 bits per heavy atom. The molecule has 0 spiro atoms. The molecule has 0 unspecified atom stereocenters. The van der Waals surface area contributed by atoms with Crippen LogP contribution < -0.4 is 21.5 Å². The molecule has 0 saturated carbocycles. The zero-order chi connectivity index (χ0) is 25.5. The summed E-state index contributed by atoms with van der Waals surface area (Å²) in [6.45, 7) is 6.84. The molecule has 0 aliphatic rings. The highest BCUT2D eigenvalue weighted by Crippen LogP contribution is 2.50. The molecule has 0 fully saturated rings. The third kappa shape index (κ3) is 5.58. The number of benzene rings is 5. The summed E-state index contributed by atoms with van der Waals surface area (Å²) in [7, 11) is -0.850. The summed E-state index contributed by atoms with van der Waals surface area (Å²) < 4.78 is 0. The molecule has 37 heavy (non-hydrogen) atoms. The summed E-state index contributed by atoms with van der Waals surface area (Å²) in [5, 5.41) is 3.99. The monoisotopic (exact) mass is 492 g/mol. The molecule has 178 valence electrons. The molecule has 0 saturated heterocycles. The van der Waals surface area contributed by atoms with Gasteiger partial charge in [0.25, 0.3) is 0 Å². The molecule has 0 heterocycles. The van der Waals surface area contributed by atoms with Gasteiger partial charge < -0.3 is 0 Å². The molecular weight excluding hydrogens is 462 g/mol. The summed E-state index contributed by atoms with van der Waals surface area (Å²) >= 11 is 0. The Labute approximate surface area is 222 Å². The van der Waals surface area contributed by atoms with Crippen LogP contribution in [0.5, 0.6) is 0 Å². The summed E-state index contributed by atoms with van der Waals surface area (Å²) in [6, 6.07) is 54.5. The van der Waals surface area contributed by atoms with E-state index in [4.69, 9.17) is 0 Å². The maximum atomic E-state index is 4.60. The fourth-order valence-corrected chi connectivity index (χ4v) is 7.61. The number of hydrogen-bond donors (Lipinski definition) is 0. The third-order valence-corrected chi connectivity index (χ3v) is 9.25. The standard InChI is InChI=1S/C35H30BP/c1-28(2)35(37(32-24-14-6-15-25-32)33-26-16-7-17-27-33)34(29-18-8-3-9-19-29)36(30-20-10-4-11-21-30)31-22-12-5-13-23-31/h3-27H,1H2,2H3/b35-34+. The lowest BCUT2D eigenvalue weighted by Gasteiger charge is -2.30. The minimum atomic E-state index is -0.850. The van der Waals surface area contributed by atoms with Gasteiger partial charge >= 0.3 is 0 Å². The van der Waals surface area contributed by atoms with E-state index in [1.54, 1.807) is 0 Å². The molecular formula is C35H30BP. The van der Waals surface area contributed by atoms with Crippen LogP contribution in [0.15, 0.2) is 169 Å². The van der Waals surface area contributed by atoms with E-state index < -0.39 is 7.92 Å². The van der Waals surface area contributed by atoms with Crippen molar-refractivity contribution in [1.29, 1.82) is 0 Å². The van der Waals surface area contributed by atoms with Gasteiger partial charge in [-0.2, -0.15) is 0 Å². The molecule has 5 aromatic rings. The first-order valence-electron chi connectivity index (χ1n) is 12.7. The SMILES string of the molecule is C=C(C)/C(=C(\B(c1ccccc1)c1ccccc1)c1ccccc1)P(c1ccccc1)c1ccccc1. The Morgan fingerprint density at radius 1 is 0.514 bits per heavy atom. The maximum Gasteiger partial charge on any atom is 0.242 e. The van der Waals surface area contributed by atoms with Crippen LogP contribution in [-0.4, -0.2) is 6.71 Å². The highest BCUT2D eigenvalue weighted by Gasteiger charge is 2.32. The predicted molar refractivity (Wildman–Crippen MR) is 165 cm³/mol. The zero-order valence-electron chi connectivity index (χ0n) is 21.2. The summed E-state index contributed by atoms with van der Waals surface area (Å²) in [4.78, 5) is 0. The van der Waals surface area contributed by atoms with E-state index in [0.29, 0.717) is 0 Å². The van der Waals surface area contributed by atoms with Crippen molar-refractivity contribution in [3.8, 4) is 0 Å². The quantitative estimate of drug-likeness (QED) is 0.125. The van der Waals surface area contributed by atoms with Crippen LogP contribution in [0.2, 0.25) is 0 Å². The molecule has 0 radical (unpaired) electrons. The second-order valence-corrected chi connectivity index (χ2v) is 11.3. The highest BCUT2D eigenvalue weighted by molar-refractivity contribution is 7.77. The van der Waals surface area contributed by atoms with Crippen LogP contribution >= 0.6 is 7.92 Å². The second kappa shape index (κ2) is 11.9. The summed E-state index contributed by atoms with van der Waals surface area (Å²) in [6.07, 6.45) is 0. The van der Waals surface area contributed by atoms with Crippen molar-refractivity contribution in [2.45, 2.75) is 6.92 Å². The van der Waals surface area contributed by atoms with E-state index in [1.807, 2.05) is 0 Å². The Bertz CT molecular complexity index is 1380. The molecule has 0 aliphatic heterocycles. The van der Waals surface area contributed by atoms with Crippen LogP contribution in [0, 0.1) is 0 Å². The van der Waals surface area contributed by atoms with Gasteiger partial charge in [-0.05, 0) is 36.3 Å². The number of rotatable bonds is 8. The van der Waals surface area contributed by atoms with Crippen molar-refractivity contribution in [3.05, 3.63) is 175 Å². The van der Waals surface area contributed by atoms with Gasteiger partial charge in [-0.25, -0.2) is 0 Å². The maximum absolute atomic E-state index is 4.60. The number of allylic oxidation sites excluding steroid dienone is 2. The molecule has 5 rings (SSSR count). The van der Waals surface area contributed by atoms with Crippen molar-refractivity contribution in [1.82, 2.24) is 0 Å². The van der Waals surface area contributed by atoms with E-state index in [1.165, 1.54) is 37.9 Å². The lowest BCUT2D eigenvalue weighted by Crippen LogP contribution is -2.44. The first-order valence-corrected chi connectivity index (χ1v) is 14.0. The smallest absolute Gasteiger partial charge is 0.0955 e. The van der Waals surface area contributed by atoms with E-state index in [9.17, 15) is 0 Å². The van der Waals surface area contributed by atoms with E-state index in [0.717, 1.165) is 5.57 Å². The van der Waals surface area contributed by atoms with Crippen LogP contribution in [-0.2, 0) is 0 Å². The fourth-order valence-electron chi connectivity index (χ4n) is 4.98. The second-order valence-electron chi connectivity index (χ2n) is 9.17. The van der Waals surface area contributed by atoms with Crippen molar-refractivity contribution in [3.63, 3.8) is 0 Å². The lowest BCUT2D eigenvalue weighted by atomic mass is 9.35. The van der Waals surface area contributed by atoms with Crippen LogP contribution in [0.4, 0.5) is 0 Å². The molecule has 0 nitrogen and oxygen atoms in total. The van der Waals surface area contributed by atoms with Crippen molar-refractivity contribution in [2.24, 2.45) is 0 Å². The van der Waals surface area contributed by atoms with Gasteiger partial charge in [0.2, 0.25) is 6.71 Å². The highest BCUT2D eigenvalue weighted by atomic mass is 31.1. The first kappa shape index (κ1) is 24.8. The van der Waals surface area contributed by atoms with Crippen molar-refractivity contribution < 1.29 is 0 Å². The minimum Gasteiger partial charge on any atom is -0.0955 e. The molecule has 5 aromatic carbocycles. The van der Waals surface area contributed by atoms with Crippen molar-refractivity contribution >= 4 is 41.6 Å². The van der Waals surface area contributed by atoms with Gasteiger partial charge in [0.15, 0.2) is 0 Å². The molecule has 2 heteroatoms. The average Bonchev–Trinajstić information content (AvgIpc) is 2.97. The summed E-state index contributed by atoms with van der Waals surface area (Å²) in [5.41, 5.74) is 6.22. The Hall–Kier alpha value is -3.93. The average molecular weight is 492 g/mol. The van der Waals surface area contributed by atoms with Gasteiger partial charge in [-0.1, -0.05) is 180 Å². The van der Waals surface area contributed by atoms with E-state index >= 15 is 0 Å². The minimum absolute atomic E-state index is 0.0638. The molecule has 0 amide bonds. The largest absolute Gasteiger partial charge is 0.242 e. The molecule has 0 aromatic heterocycles. The topological polar surface area (TPSA) is 0 Å². The Morgan fingerprint density at radius 3 is 1.24 bits per heavy atom. The van der Waals surface area contributed by atoms with Gasteiger partial charge in [0, 0.05) is 0 Å². The van der Waals surface area contributed by atoms with E-state index in [-0.39, 0.29) is 6.71 Å². The lowest BCUT2D eigenvalue weighted by molar-refractivity contribution is 1.52. The third-order valence-electron chi connectivity index (χ3n) is 6.55. The van der Waals surface area contributed by atoms with Gasteiger partial charge in [0.05, 0.1) is 0 Å². The van der Waals surface area contributed by atoms with Crippen LogP contribution in [0.1, 0.15) is 12.5 Å². The molecule has 0 aliphatic carbocycles. The predicted octanol–water partition coefficient (Wildman–Crippen LogP) is 6.96. The first-order chi connectivity index (χ1) is 18.2. The molecule has 0 N–H and O–H groups in total. The molecule has 0 bridgehead atoms. The van der Waals surface area contributed by atoms with Crippen LogP contribution in [0.3, 0.4) is 0 Å². The fraction of sp³-hybridized carbons (Fsp3) is 0.0286. The van der Waals surface area contributed by atoms with E-state index in [2.05, 4.69) is 165 Å². The van der Waals surface area contributed by atoms with Gasteiger partial charge in [0.1, 0.15) is 0 Å². The van der Waals surface area contributed by atoms with Gasteiger partial charge in [-0.15, -0.1) is 0 Å². The summed E-state index contributed by atoms with van der Waals surface area (Å²) in [5.74, 6) is 0. The number of hydrogen-bond acceptors (Lipinski definition) is 0. The van der Waals surface area contributed by atoms with Crippen molar-refractivity contribution in [2.75, 3.05) is 0 Å². The Balaban J connectivity index is 1.90.